The van der Waals surface area contributed by atoms with Crippen molar-refractivity contribution in [2.75, 3.05) is 6.54 Å². The Kier molecular flexibility index (Phi) is 4.43. The Bertz CT molecular complexity index is 380. The molecular formula is C14H20ClNO. The first-order valence-corrected chi connectivity index (χ1v) is 6.68. The van der Waals surface area contributed by atoms with Crippen LogP contribution in [0.3, 0.4) is 0 Å². The topological polar surface area (TPSA) is 32.3 Å². The second-order valence-corrected chi connectivity index (χ2v) is 5.38. The SMILES string of the molecule is Cc1ccc(CNCC2CCCC2O)cc1Cl. The van der Waals surface area contributed by atoms with Crippen LogP contribution in [-0.4, -0.2) is 17.8 Å². The molecule has 94 valence electrons. The minimum absolute atomic E-state index is 0.107. The largest absolute Gasteiger partial charge is 0.393 e. The molecule has 0 bridgehead atoms. The molecule has 0 radical (unpaired) electrons. The molecule has 2 nitrogen and oxygen atoms in total. The van der Waals surface area contributed by atoms with Gasteiger partial charge in [-0.2, -0.15) is 0 Å². The summed E-state index contributed by atoms with van der Waals surface area (Å²) in [4.78, 5) is 0. The van der Waals surface area contributed by atoms with Crippen molar-refractivity contribution in [1.29, 1.82) is 0 Å². The highest BCUT2D eigenvalue weighted by molar-refractivity contribution is 6.31. The fraction of sp³-hybridized carbons (Fsp3) is 0.571. The van der Waals surface area contributed by atoms with E-state index >= 15 is 0 Å². The summed E-state index contributed by atoms with van der Waals surface area (Å²) in [5.74, 6) is 0.427. The maximum Gasteiger partial charge on any atom is 0.0580 e. The van der Waals surface area contributed by atoms with E-state index in [0.717, 1.165) is 42.9 Å². The van der Waals surface area contributed by atoms with Crippen LogP contribution in [0.2, 0.25) is 5.02 Å². The summed E-state index contributed by atoms with van der Waals surface area (Å²) in [6.45, 7) is 3.73. The van der Waals surface area contributed by atoms with Crippen LogP contribution in [0.1, 0.15) is 30.4 Å². The van der Waals surface area contributed by atoms with E-state index in [2.05, 4.69) is 11.4 Å². The van der Waals surface area contributed by atoms with E-state index in [1.165, 1.54) is 5.56 Å². The van der Waals surface area contributed by atoms with E-state index in [4.69, 9.17) is 11.6 Å². The van der Waals surface area contributed by atoms with Crippen LogP contribution in [0.15, 0.2) is 18.2 Å². The second kappa shape index (κ2) is 5.85. The zero-order valence-corrected chi connectivity index (χ0v) is 11.0. The first kappa shape index (κ1) is 12.9. The molecule has 1 aliphatic rings. The average molecular weight is 254 g/mol. The summed E-state index contributed by atoms with van der Waals surface area (Å²) in [6.07, 6.45) is 3.15. The number of hydrogen-bond acceptors (Lipinski definition) is 2. The van der Waals surface area contributed by atoms with Gasteiger partial charge in [-0.15, -0.1) is 0 Å². The van der Waals surface area contributed by atoms with Crippen LogP contribution in [0.25, 0.3) is 0 Å². The molecule has 0 amide bonds. The van der Waals surface area contributed by atoms with Gasteiger partial charge in [0.15, 0.2) is 0 Å². The highest BCUT2D eigenvalue weighted by Gasteiger charge is 2.24. The minimum Gasteiger partial charge on any atom is -0.393 e. The number of nitrogens with one attached hydrogen (secondary N) is 1. The predicted octanol–water partition coefficient (Wildman–Crippen LogP) is 2.90. The Hall–Kier alpha value is -0.570. The van der Waals surface area contributed by atoms with Crippen LogP contribution in [0.5, 0.6) is 0 Å². The third-order valence-electron chi connectivity index (χ3n) is 3.59. The molecule has 0 aliphatic heterocycles. The molecule has 3 heteroatoms. The van der Waals surface area contributed by atoms with Gasteiger partial charge in [-0.05, 0) is 42.9 Å². The van der Waals surface area contributed by atoms with Gasteiger partial charge < -0.3 is 10.4 Å². The van der Waals surface area contributed by atoms with Crippen molar-refractivity contribution in [1.82, 2.24) is 5.32 Å². The molecule has 0 heterocycles. The molecule has 0 spiro atoms. The van der Waals surface area contributed by atoms with Crippen molar-refractivity contribution in [2.45, 2.75) is 38.8 Å². The number of aliphatic hydroxyl groups excluding tert-OH is 1. The molecular weight excluding hydrogens is 234 g/mol. The fourth-order valence-corrected chi connectivity index (χ4v) is 2.61. The molecule has 2 unspecified atom stereocenters. The normalized spacial score (nSPS) is 24.2. The molecule has 1 aliphatic carbocycles. The van der Waals surface area contributed by atoms with Crippen LogP contribution < -0.4 is 5.32 Å². The van der Waals surface area contributed by atoms with Crippen LogP contribution in [0.4, 0.5) is 0 Å². The van der Waals surface area contributed by atoms with E-state index in [-0.39, 0.29) is 6.10 Å². The quantitative estimate of drug-likeness (QED) is 0.865. The Morgan fingerprint density at radius 3 is 2.88 bits per heavy atom. The predicted molar refractivity (Wildman–Crippen MR) is 71.2 cm³/mol. The number of aliphatic hydroxyl groups is 1. The summed E-state index contributed by atoms with van der Waals surface area (Å²) in [5.41, 5.74) is 2.31. The third-order valence-corrected chi connectivity index (χ3v) is 4.00. The maximum absolute atomic E-state index is 9.71. The molecule has 2 rings (SSSR count). The van der Waals surface area contributed by atoms with Gasteiger partial charge in [0.2, 0.25) is 0 Å². The van der Waals surface area contributed by atoms with Gasteiger partial charge in [0.05, 0.1) is 6.10 Å². The lowest BCUT2D eigenvalue weighted by molar-refractivity contribution is 0.131. The molecule has 17 heavy (non-hydrogen) atoms. The van der Waals surface area contributed by atoms with E-state index < -0.39 is 0 Å². The first-order valence-electron chi connectivity index (χ1n) is 6.30. The van der Waals surface area contributed by atoms with E-state index in [9.17, 15) is 5.11 Å². The second-order valence-electron chi connectivity index (χ2n) is 4.97. The molecule has 2 N–H and O–H groups in total. The molecule has 1 fully saturated rings. The van der Waals surface area contributed by atoms with Crippen molar-refractivity contribution in [2.24, 2.45) is 5.92 Å². The standard InChI is InChI=1S/C14H20ClNO/c1-10-5-6-11(7-13(10)15)8-16-9-12-3-2-4-14(12)17/h5-7,12,14,16-17H,2-4,8-9H2,1H3. The zero-order valence-electron chi connectivity index (χ0n) is 10.2. The first-order chi connectivity index (χ1) is 8.16. The molecule has 1 aromatic rings. The van der Waals surface area contributed by atoms with Crippen molar-refractivity contribution >= 4 is 11.6 Å². The minimum atomic E-state index is -0.107. The Morgan fingerprint density at radius 1 is 1.41 bits per heavy atom. The van der Waals surface area contributed by atoms with Crippen molar-refractivity contribution in [3.63, 3.8) is 0 Å². The molecule has 0 saturated heterocycles. The van der Waals surface area contributed by atoms with Gasteiger partial charge in [-0.1, -0.05) is 30.2 Å². The summed E-state index contributed by atoms with van der Waals surface area (Å²) >= 11 is 6.08. The number of hydrogen-bond donors (Lipinski definition) is 2. The smallest absolute Gasteiger partial charge is 0.0580 e. The number of aryl methyl sites for hydroxylation is 1. The summed E-state index contributed by atoms with van der Waals surface area (Å²) in [6, 6.07) is 6.15. The molecule has 0 aromatic heterocycles. The van der Waals surface area contributed by atoms with Crippen LogP contribution >= 0.6 is 11.6 Å². The van der Waals surface area contributed by atoms with Crippen molar-refractivity contribution in [3.8, 4) is 0 Å². The highest BCUT2D eigenvalue weighted by Crippen LogP contribution is 2.24. The van der Waals surface area contributed by atoms with Gasteiger partial charge in [0.1, 0.15) is 0 Å². The van der Waals surface area contributed by atoms with Gasteiger partial charge in [0, 0.05) is 18.1 Å². The molecule has 1 saturated carbocycles. The number of halogens is 1. The van der Waals surface area contributed by atoms with Gasteiger partial charge >= 0.3 is 0 Å². The molecule has 1 aromatic carbocycles. The Morgan fingerprint density at radius 2 is 2.24 bits per heavy atom. The lowest BCUT2D eigenvalue weighted by atomic mass is 10.1. The maximum atomic E-state index is 9.71. The van der Waals surface area contributed by atoms with E-state index in [1.54, 1.807) is 0 Å². The Balaban J connectivity index is 1.79. The van der Waals surface area contributed by atoms with Crippen molar-refractivity contribution in [3.05, 3.63) is 34.3 Å². The molecule has 2 atom stereocenters. The number of benzene rings is 1. The van der Waals surface area contributed by atoms with E-state index in [0.29, 0.717) is 5.92 Å². The third kappa shape index (κ3) is 3.44. The number of rotatable bonds is 4. The van der Waals surface area contributed by atoms with Gasteiger partial charge in [-0.3, -0.25) is 0 Å². The fourth-order valence-electron chi connectivity index (χ4n) is 2.40. The van der Waals surface area contributed by atoms with Crippen LogP contribution in [0, 0.1) is 12.8 Å². The Labute approximate surface area is 108 Å². The highest BCUT2D eigenvalue weighted by atomic mass is 35.5. The lowest BCUT2D eigenvalue weighted by Gasteiger charge is -2.15. The summed E-state index contributed by atoms with van der Waals surface area (Å²) in [7, 11) is 0. The van der Waals surface area contributed by atoms with Crippen molar-refractivity contribution < 1.29 is 5.11 Å². The summed E-state index contributed by atoms with van der Waals surface area (Å²) in [5, 5.41) is 13.9. The van der Waals surface area contributed by atoms with Gasteiger partial charge in [0.25, 0.3) is 0 Å². The van der Waals surface area contributed by atoms with Gasteiger partial charge in [-0.25, -0.2) is 0 Å². The zero-order chi connectivity index (χ0) is 12.3. The lowest BCUT2D eigenvalue weighted by Crippen LogP contribution is -2.27. The van der Waals surface area contributed by atoms with E-state index in [1.807, 2.05) is 19.1 Å². The average Bonchev–Trinajstić information content (AvgIpc) is 2.70. The summed E-state index contributed by atoms with van der Waals surface area (Å²) < 4.78 is 0. The van der Waals surface area contributed by atoms with Crippen LogP contribution in [-0.2, 0) is 6.54 Å². The monoisotopic (exact) mass is 253 g/mol.